The Bertz CT molecular complexity index is 1070. The maximum Gasteiger partial charge on any atom is 0.419 e. The van der Waals surface area contributed by atoms with Crippen LogP contribution in [0.2, 0.25) is 0 Å². The van der Waals surface area contributed by atoms with Crippen LogP contribution in [0.4, 0.5) is 0 Å². The molecular formula is C17H18N2O5S. The number of nitrogens with zero attached hydrogens (tertiary/aromatic N) is 1. The maximum absolute atomic E-state index is 12.5. The van der Waals surface area contributed by atoms with Crippen molar-refractivity contribution in [1.29, 1.82) is 0 Å². The van der Waals surface area contributed by atoms with Crippen LogP contribution < -0.4 is 15.2 Å². The molecule has 0 amide bonds. The Morgan fingerprint density at radius 2 is 1.96 bits per heavy atom. The van der Waals surface area contributed by atoms with Gasteiger partial charge in [0.15, 0.2) is 5.58 Å². The molecule has 1 N–H and O–H groups in total. The van der Waals surface area contributed by atoms with Crippen molar-refractivity contribution in [3.8, 4) is 5.75 Å². The second kappa shape index (κ2) is 6.73. The number of hydrogen-bond donors (Lipinski definition) is 1. The van der Waals surface area contributed by atoms with Gasteiger partial charge in [0.2, 0.25) is 10.0 Å². The molecule has 2 aromatic carbocycles. The fourth-order valence-corrected chi connectivity index (χ4v) is 3.64. The van der Waals surface area contributed by atoms with E-state index < -0.39 is 15.8 Å². The number of benzene rings is 2. The summed E-state index contributed by atoms with van der Waals surface area (Å²) in [6.07, 6.45) is 0.496. The van der Waals surface area contributed by atoms with E-state index in [0.717, 1.165) is 11.3 Å². The zero-order chi connectivity index (χ0) is 18.0. The number of ether oxygens (including phenoxy) is 1. The van der Waals surface area contributed by atoms with E-state index in [1.54, 1.807) is 7.11 Å². The number of sulfonamides is 1. The monoisotopic (exact) mass is 362 g/mol. The van der Waals surface area contributed by atoms with Crippen molar-refractivity contribution in [2.45, 2.75) is 11.3 Å². The molecule has 132 valence electrons. The molecule has 1 heterocycles. The summed E-state index contributed by atoms with van der Waals surface area (Å²) in [5, 5.41) is 0. The summed E-state index contributed by atoms with van der Waals surface area (Å²) in [6, 6.07) is 11.8. The van der Waals surface area contributed by atoms with E-state index in [9.17, 15) is 13.2 Å². The lowest BCUT2D eigenvalue weighted by atomic mass is 10.1. The molecular weight excluding hydrogens is 344 g/mol. The topological polar surface area (TPSA) is 90.5 Å². The van der Waals surface area contributed by atoms with Gasteiger partial charge in [-0.25, -0.2) is 17.9 Å². The van der Waals surface area contributed by atoms with Crippen LogP contribution in [0, 0.1) is 0 Å². The van der Waals surface area contributed by atoms with Gasteiger partial charge in [0.1, 0.15) is 5.75 Å². The van der Waals surface area contributed by atoms with Crippen LogP contribution in [0.5, 0.6) is 5.75 Å². The van der Waals surface area contributed by atoms with Crippen molar-refractivity contribution in [2.24, 2.45) is 7.05 Å². The summed E-state index contributed by atoms with van der Waals surface area (Å²) in [5.41, 5.74) is 1.69. The number of aryl methyl sites for hydroxylation is 1. The predicted octanol–water partition coefficient (Wildman–Crippen LogP) is 1.66. The predicted molar refractivity (Wildman–Crippen MR) is 93.3 cm³/mol. The molecule has 3 rings (SSSR count). The highest BCUT2D eigenvalue weighted by Gasteiger charge is 2.16. The van der Waals surface area contributed by atoms with E-state index in [1.165, 1.54) is 29.8 Å². The van der Waals surface area contributed by atoms with Gasteiger partial charge >= 0.3 is 5.76 Å². The number of oxazole rings is 1. The Hall–Kier alpha value is -2.58. The number of rotatable bonds is 6. The van der Waals surface area contributed by atoms with Gasteiger partial charge in [-0.1, -0.05) is 18.2 Å². The Balaban J connectivity index is 1.78. The molecule has 0 unspecified atom stereocenters. The van der Waals surface area contributed by atoms with E-state index in [4.69, 9.17) is 9.15 Å². The van der Waals surface area contributed by atoms with E-state index in [-0.39, 0.29) is 11.4 Å². The van der Waals surface area contributed by atoms with Crippen molar-refractivity contribution >= 4 is 21.1 Å². The molecule has 0 spiro atoms. The van der Waals surface area contributed by atoms with Crippen LogP contribution in [-0.2, 0) is 23.5 Å². The highest BCUT2D eigenvalue weighted by Crippen LogP contribution is 2.19. The lowest BCUT2D eigenvalue weighted by Crippen LogP contribution is -2.26. The standard InChI is InChI=1S/C17H18N2O5S/c1-19-14-11-13(7-8-16(14)24-17(19)20)25(21,22)18-10-9-12-5-3-4-6-15(12)23-2/h3-8,11,18H,9-10H2,1-2H3. The smallest absolute Gasteiger partial charge is 0.419 e. The first kappa shape index (κ1) is 17.2. The van der Waals surface area contributed by atoms with Gasteiger partial charge in [-0.15, -0.1) is 0 Å². The Kier molecular flexibility index (Phi) is 4.65. The number of methoxy groups -OCH3 is 1. The fourth-order valence-electron chi connectivity index (χ4n) is 2.59. The lowest BCUT2D eigenvalue weighted by Gasteiger charge is -2.10. The highest BCUT2D eigenvalue weighted by molar-refractivity contribution is 7.89. The average molecular weight is 362 g/mol. The summed E-state index contributed by atoms with van der Waals surface area (Å²) in [5.74, 6) is 0.185. The van der Waals surface area contributed by atoms with Crippen LogP contribution in [-0.4, -0.2) is 26.6 Å². The van der Waals surface area contributed by atoms with Crippen LogP contribution in [0.25, 0.3) is 11.1 Å². The Labute approximate surface area is 144 Å². The molecule has 0 aliphatic carbocycles. The first-order valence-corrected chi connectivity index (χ1v) is 9.12. The Morgan fingerprint density at radius 1 is 1.20 bits per heavy atom. The number of aromatic nitrogens is 1. The second-order valence-electron chi connectivity index (χ2n) is 5.52. The van der Waals surface area contributed by atoms with E-state index in [0.29, 0.717) is 17.5 Å². The van der Waals surface area contributed by atoms with E-state index in [1.807, 2.05) is 24.3 Å². The van der Waals surface area contributed by atoms with Gasteiger partial charge in [0.05, 0.1) is 17.5 Å². The van der Waals surface area contributed by atoms with Crippen molar-refractivity contribution in [3.63, 3.8) is 0 Å². The molecule has 3 aromatic rings. The molecule has 0 saturated carbocycles. The molecule has 0 atom stereocenters. The van der Waals surface area contributed by atoms with Gasteiger partial charge in [-0.05, 0) is 36.2 Å². The highest BCUT2D eigenvalue weighted by atomic mass is 32.2. The molecule has 25 heavy (non-hydrogen) atoms. The largest absolute Gasteiger partial charge is 0.496 e. The van der Waals surface area contributed by atoms with Gasteiger partial charge in [0, 0.05) is 13.6 Å². The second-order valence-corrected chi connectivity index (χ2v) is 7.28. The normalized spacial score (nSPS) is 11.8. The number of fused-ring (bicyclic) bond motifs is 1. The fraction of sp³-hybridized carbons (Fsp3) is 0.235. The van der Waals surface area contributed by atoms with Crippen molar-refractivity contribution in [3.05, 3.63) is 58.6 Å². The molecule has 0 radical (unpaired) electrons. The molecule has 0 aliphatic heterocycles. The van der Waals surface area contributed by atoms with Crippen molar-refractivity contribution < 1.29 is 17.6 Å². The first-order chi connectivity index (χ1) is 11.9. The lowest BCUT2D eigenvalue weighted by molar-refractivity contribution is 0.409. The van der Waals surface area contributed by atoms with Gasteiger partial charge in [-0.2, -0.15) is 0 Å². The van der Waals surface area contributed by atoms with E-state index >= 15 is 0 Å². The van der Waals surface area contributed by atoms with Gasteiger partial charge in [-0.3, -0.25) is 4.57 Å². The zero-order valence-electron chi connectivity index (χ0n) is 13.9. The van der Waals surface area contributed by atoms with Crippen LogP contribution >= 0.6 is 0 Å². The van der Waals surface area contributed by atoms with Crippen molar-refractivity contribution in [1.82, 2.24) is 9.29 Å². The third-order valence-electron chi connectivity index (χ3n) is 3.95. The minimum Gasteiger partial charge on any atom is -0.496 e. The molecule has 0 aliphatic rings. The minimum absolute atomic E-state index is 0.0800. The minimum atomic E-state index is -3.70. The zero-order valence-corrected chi connectivity index (χ0v) is 14.7. The van der Waals surface area contributed by atoms with Gasteiger partial charge < -0.3 is 9.15 Å². The molecule has 8 heteroatoms. The molecule has 0 fully saturated rings. The summed E-state index contributed by atoms with van der Waals surface area (Å²) in [4.78, 5) is 11.6. The molecule has 0 saturated heterocycles. The number of para-hydroxylation sites is 1. The molecule has 0 bridgehead atoms. The quantitative estimate of drug-likeness (QED) is 0.720. The van der Waals surface area contributed by atoms with Crippen LogP contribution in [0.1, 0.15) is 5.56 Å². The maximum atomic E-state index is 12.5. The first-order valence-electron chi connectivity index (χ1n) is 7.63. The third-order valence-corrected chi connectivity index (χ3v) is 5.41. The number of hydrogen-bond acceptors (Lipinski definition) is 5. The van der Waals surface area contributed by atoms with Gasteiger partial charge in [0.25, 0.3) is 0 Å². The third kappa shape index (κ3) is 3.45. The molecule has 7 nitrogen and oxygen atoms in total. The average Bonchev–Trinajstić information content (AvgIpc) is 2.89. The number of nitrogens with one attached hydrogen (secondary N) is 1. The summed E-state index contributed by atoms with van der Waals surface area (Å²) >= 11 is 0. The SMILES string of the molecule is COc1ccccc1CCNS(=O)(=O)c1ccc2oc(=O)n(C)c2c1. The summed E-state index contributed by atoms with van der Waals surface area (Å²) in [7, 11) is -0.593. The summed E-state index contributed by atoms with van der Waals surface area (Å²) in [6.45, 7) is 0.227. The summed E-state index contributed by atoms with van der Waals surface area (Å²) < 4.78 is 39.1. The van der Waals surface area contributed by atoms with Crippen LogP contribution in [0.3, 0.4) is 0 Å². The van der Waals surface area contributed by atoms with Crippen LogP contribution in [0.15, 0.2) is 56.6 Å². The van der Waals surface area contributed by atoms with E-state index in [2.05, 4.69) is 4.72 Å². The Morgan fingerprint density at radius 3 is 2.72 bits per heavy atom. The van der Waals surface area contributed by atoms with Crippen molar-refractivity contribution in [2.75, 3.05) is 13.7 Å². The molecule has 1 aromatic heterocycles.